The fraction of sp³-hybridized carbons (Fsp3) is 0.542. The Kier molecular flexibility index (Phi) is 7.21. The Hall–Kier alpha value is -2.19. The van der Waals surface area contributed by atoms with Gasteiger partial charge in [-0.2, -0.15) is 0 Å². The van der Waals surface area contributed by atoms with Gasteiger partial charge in [0.15, 0.2) is 0 Å². The molecule has 5 N–H and O–H groups in total. The number of aromatic nitrogens is 1. The second kappa shape index (κ2) is 9.53. The maximum atomic E-state index is 12.5. The molecule has 170 valence electrons. The van der Waals surface area contributed by atoms with Crippen molar-refractivity contribution in [2.24, 2.45) is 5.73 Å². The van der Waals surface area contributed by atoms with Gasteiger partial charge in [0.2, 0.25) is 0 Å². The highest BCUT2D eigenvalue weighted by molar-refractivity contribution is 5.43. The van der Waals surface area contributed by atoms with Crippen LogP contribution in [0.2, 0.25) is 0 Å². The molecule has 31 heavy (non-hydrogen) atoms. The van der Waals surface area contributed by atoms with Crippen LogP contribution in [0.25, 0.3) is 0 Å². The molecule has 1 aromatic heterocycles. The summed E-state index contributed by atoms with van der Waals surface area (Å²) >= 11 is 0. The number of fused-ring (bicyclic) bond motifs is 1. The Balaban J connectivity index is 2.04. The molecule has 1 heterocycles. The van der Waals surface area contributed by atoms with Gasteiger partial charge in [-0.05, 0) is 88.0 Å². The number of ether oxygens (including phenoxy) is 1. The number of likely N-dealkylation sites (N-methyl/N-ethyl adjacent to an activating group) is 1. The van der Waals surface area contributed by atoms with E-state index in [2.05, 4.69) is 28.9 Å². The Bertz CT molecular complexity index is 972. The van der Waals surface area contributed by atoms with Crippen molar-refractivity contribution in [3.05, 3.63) is 62.6 Å². The summed E-state index contributed by atoms with van der Waals surface area (Å²) in [5.41, 5.74) is 9.61. The van der Waals surface area contributed by atoms with Gasteiger partial charge in [0.25, 0.3) is 5.56 Å². The SMILES string of the molecule is COc1ccc(C)c([C@]2(CCN(C)[C@H](C)CO)CCc3cc(C(N)O)c(=O)[nH]c3C2)c1. The number of rotatable bonds is 8. The summed E-state index contributed by atoms with van der Waals surface area (Å²) in [6.07, 6.45) is 1.97. The normalized spacial score (nSPS) is 20.4. The highest BCUT2D eigenvalue weighted by atomic mass is 16.5. The molecule has 7 heteroatoms. The first-order valence-corrected chi connectivity index (χ1v) is 10.9. The van der Waals surface area contributed by atoms with E-state index in [9.17, 15) is 15.0 Å². The summed E-state index contributed by atoms with van der Waals surface area (Å²) in [6.45, 7) is 5.05. The molecular formula is C24H35N3O4. The number of H-pyrrole nitrogens is 1. The van der Waals surface area contributed by atoms with Crippen molar-refractivity contribution in [3.63, 3.8) is 0 Å². The molecule has 0 spiro atoms. The Labute approximate surface area is 183 Å². The number of methoxy groups -OCH3 is 1. The van der Waals surface area contributed by atoms with Crippen molar-refractivity contribution in [1.82, 2.24) is 9.88 Å². The predicted octanol–water partition coefficient (Wildman–Crippen LogP) is 1.77. The minimum atomic E-state index is -1.28. The lowest BCUT2D eigenvalue weighted by Gasteiger charge is -2.41. The topological polar surface area (TPSA) is 112 Å². The van der Waals surface area contributed by atoms with Gasteiger partial charge in [-0.25, -0.2) is 0 Å². The summed E-state index contributed by atoms with van der Waals surface area (Å²) in [4.78, 5) is 17.7. The lowest BCUT2D eigenvalue weighted by atomic mass is 9.65. The zero-order chi connectivity index (χ0) is 22.8. The number of pyridine rings is 1. The van der Waals surface area contributed by atoms with Gasteiger partial charge in [-0.1, -0.05) is 6.07 Å². The molecule has 0 aliphatic heterocycles. The van der Waals surface area contributed by atoms with Gasteiger partial charge in [0, 0.05) is 17.2 Å². The molecule has 1 aliphatic carbocycles. The van der Waals surface area contributed by atoms with Crippen molar-refractivity contribution in [1.29, 1.82) is 0 Å². The van der Waals surface area contributed by atoms with Gasteiger partial charge in [-0.3, -0.25) is 4.79 Å². The average molecular weight is 430 g/mol. The molecule has 0 fully saturated rings. The van der Waals surface area contributed by atoms with E-state index >= 15 is 0 Å². The minimum Gasteiger partial charge on any atom is -0.497 e. The summed E-state index contributed by atoms with van der Waals surface area (Å²) in [7, 11) is 3.70. The van der Waals surface area contributed by atoms with Crippen LogP contribution in [-0.4, -0.2) is 53.4 Å². The van der Waals surface area contributed by atoms with E-state index in [0.717, 1.165) is 42.8 Å². The molecule has 0 bridgehead atoms. The van der Waals surface area contributed by atoms with Gasteiger partial charge in [-0.15, -0.1) is 0 Å². The number of nitrogens with one attached hydrogen (secondary N) is 1. The Morgan fingerprint density at radius 1 is 1.35 bits per heavy atom. The first-order valence-electron chi connectivity index (χ1n) is 10.9. The Morgan fingerprint density at radius 2 is 2.10 bits per heavy atom. The summed E-state index contributed by atoms with van der Waals surface area (Å²) in [5, 5.41) is 19.3. The van der Waals surface area contributed by atoms with Crippen molar-refractivity contribution < 1.29 is 14.9 Å². The molecule has 3 atom stereocenters. The van der Waals surface area contributed by atoms with Crippen LogP contribution >= 0.6 is 0 Å². The zero-order valence-electron chi connectivity index (χ0n) is 18.9. The first kappa shape index (κ1) is 23.5. The van der Waals surface area contributed by atoms with E-state index in [4.69, 9.17) is 10.5 Å². The van der Waals surface area contributed by atoms with Crippen LogP contribution in [-0.2, 0) is 18.3 Å². The molecule has 1 aromatic carbocycles. The van der Waals surface area contributed by atoms with Crippen LogP contribution < -0.4 is 16.0 Å². The van der Waals surface area contributed by atoms with Gasteiger partial charge in [0.1, 0.15) is 12.0 Å². The molecular weight excluding hydrogens is 394 g/mol. The fourth-order valence-electron chi connectivity index (χ4n) is 4.66. The molecule has 0 saturated heterocycles. The zero-order valence-corrected chi connectivity index (χ0v) is 18.9. The largest absolute Gasteiger partial charge is 0.497 e. The van der Waals surface area contributed by atoms with Crippen LogP contribution in [0.5, 0.6) is 5.75 Å². The molecule has 1 aliphatic rings. The van der Waals surface area contributed by atoms with Crippen molar-refractivity contribution in [3.8, 4) is 5.75 Å². The predicted molar refractivity (Wildman–Crippen MR) is 121 cm³/mol. The van der Waals surface area contributed by atoms with E-state index < -0.39 is 6.23 Å². The number of aliphatic hydroxyl groups is 2. The molecule has 2 aromatic rings. The van der Waals surface area contributed by atoms with E-state index in [1.165, 1.54) is 11.1 Å². The third-order valence-electron chi connectivity index (χ3n) is 6.93. The fourth-order valence-corrected chi connectivity index (χ4v) is 4.66. The second-order valence-electron chi connectivity index (χ2n) is 8.90. The smallest absolute Gasteiger partial charge is 0.255 e. The average Bonchev–Trinajstić information content (AvgIpc) is 2.76. The van der Waals surface area contributed by atoms with Crippen molar-refractivity contribution >= 4 is 0 Å². The number of nitrogens with two attached hydrogens (primary N) is 1. The number of aryl methyl sites for hydroxylation is 2. The van der Waals surface area contributed by atoms with Gasteiger partial charge in [0.05, 0.1) is 19.3 Å². The van der Waals surface area contributed by atoms with Crippen LogP contribution in [0.4, 0.5) is 0 Å². The molecule has 3 rings (SSSR count). The van der Waals surface area contributed by atoms with E-state index in [1.807, 2.05) is 20.0 Å². The molecule has 0 amide bonds. The Morgan fingerprint density at radius 3 is 2.74 bits per heavy atom. The van der Waals surface area contributed by atoms with Gasteiger partial charge >= 0.3 is 0 Å². The van der Waals surface area contributed by atoms with Gasteiger partial charge < -0.3 is 30.6 Å². The molecule has 1 unspecified atom stereocenters. The second-order valence-corrected chi connectivity index (χ2v) is 8.90. The minimum absolute atomic E-state index is 0.0766. The maximum absolute atomic E-state index is 12.5. The molecule has 0 radical (unpaired) electrons. The number of hydrogen-bond acceptors (Lipinski definition) is 6. The van der Waals surface area contributed by atoms with E-state index in [1.54, 1.807) is 13.2 Å². The van der Waals surface area contributed by atoms with Crippen molar-refractivity contribution in [2.45, 2.75) is 57.2 Å². The molecule has 7 nitrogen and oxygen atoms in total. The summed E-state index contributed by atoms with van der Waals surface area (Å²) in [5.74, 6) is 0.818. The van der Waals surface area contributed by atoms with Crippen molar-refractivity contribution in [2.75, 3.05) is 27.3 Å². The van der Waals surface area contributed by atoms with Crippen LogP contribution in [0.15, 0.2) is 29.1 Å². The van der Waals surface area contributed by atoms with E-state index in [-0.39, 0.29) is 29.2 Å². The number of aromatic amines is 1. The van der Waals surface area contributed by atoms with Crippen LogP contribution in [0.3, 0.4) is 0 Å². The standard InChI is InChI=1S/C24H35N3O4/c1-15-5-6-18(31-4)12-20(15)24(9-10-27(3)16(2)14-28)8-7-17-11-19(22(25)29)23(30)26-21(17)13-24/h5-6,11-12,16,22,28-29H,7-10,13-14,25H2,1-4H3,(H,26,30)/t16-,22?,24+/m1/s1. The monoisotopic (exact) mass is 429 g/mol. The highest BCUT2D eigenvalue weighted by Gasteiger charge is 2.38. The quantitative estimate of drug-likeness (QED) is 0.476. The third-order valence-corrected chi connectivity index (χ3v) is 6.93. The number of benzene rings is 1. The number of hydrogen-bond donors (Lipinski definition) is 4. The molecule has 0 saturated carbocycles. The summed E-state index contributed by atoms with van der Waals surface area (Å²) in [6, 6.07) is 8.00. The highest BCUT2D eigenvalue weighted by Crippen LogP contribution is 2.43. The summed E-state index contributed by atoms with van der Waals surface area (Å²) < 4.78 is 5.51. The number of nitrogens with zero attached hydrogens (tertiary/aromatic N) is 1. The van der Waals surface area contributed by atoms with Crippen LogP contribution in [0.1, 0.15) is 53.9 Å². The first-order chi connectivity index (χ1) is 14.7. The lowest BCUT2D eigenvalue weighted by Crippen LogP contribution is -2.41. The van der Waals surface area contributed by atoms with Crippen LogP contribution in [0, 0.1) is 6.92 Å². The number of aliphatic hydroxyl groups excluding tert-OH is 2. The van der Waals surface area contributed by atoms with E-state index in [0.29, 0.717) is 6.42 Å². The lowest BCUT2D eigenvalue weighted by molar-refractivity contribution is 0.145. The maximum Gasteiger partial charge on any atom is 0.255 e. The third kappa shape index (κ3) is 4.85.